The van der Waals surface area contributed by atoms with Crippen LogP contribution in [-0.4, -0.2) is 11.3 Å². The molecule has 0 bridgehead atoms. The number of hydrogen-bond acceptors (Lipinski definition) is 2. The Morgan fingerprint density at radius 2 is 1.89 bits per heavy atom. The highest BCUT2D eigenvalue weighted by Gasteiger charge is 2.07. The van der Waals surface area contributed by atoms with Gasteiger partial charge in [0.1, 0.15) is 5.82 Å². The number of hydrogen-bond donors (Lipinski definition) is 0. The molecule has 0 fully saturated rings. The second-order valence-corrected chi connectivity index (χ2v) is 4.26. The van der Waals surface area contributed by atoms with Gasteiger partial charge in [0.05, 0.1) is 5.56 Å². The highest BCUT2D eigenvalue weighted by molar-refractivity contribution is 5.96. The normalized spacial score (nSPS) is 10.6. The van der Waals surface area contributed by atoms with Crippen molar-refractivity contribution in [3.63, 3.8) is 0 Å². The van der Waals surface area contributed by atoms with Crippen LogP contribution in [0.2, 0.25) is 0 Å². The molecule has 0 amide bonds. The standard InChI is InChI=1S/C16H10FNO/c17-16-6-5-11(7-13(16)10-19)15-9-18-8-12-3-1-2-4-14(12)15/h1-10H. The molecular formula is C16H10FNO. The smallest absolute Gasteiger partial charge is 0.153 e. The van der Waals surface area contributed by atoms with Crippen molar-refractivity contribution in [2.24, 2.45) is 0 Å². The van der Waals surface area contributed by atoms with Gasteiger partial charge in [0, 0.05) is 23.3 Å². The van der Waals surface area contributed by atoms with Gasteiger partial charge in [0.2, 0.25) is 0 Å². The summed E-state index contributed by atoms with van der Waals surface area (Å²) >= 11 is 0. The Labute approximate surface area is 109 Å². The SMILES string of the molecule is O=Cc1cc(-c2cncc3ccccc23)ccc1F. The van der Waals surface area contributed by atoms with E-state index < -0.39 is 5.82 Å². The van der Waals surface area contributed by atoms with E-state index in [1.54, 1.807) is 24.5 Å². The summed E-state index contributed by atoms with van der Waals surface area (Å²) in [6, 6.07) is 12.3. The lowest BCUT2D eigenvalue weighted by molar-refractivity contribution is 0.112. The second-order valence-electron chi connectivity index (χ2n) is 4.26. The summed E-state index contributed by atoms with van der Waals surface area (Å²) in [6.45, 7) is 0. The summed E-state index contributed by atoms with van der Waals surface area (Å²) < 4.78 is 13.4. The van der Waals surface area contributed by atoms with Crippen LogP contribution >= 0.6 is 0 Å². The Morgan fingerprint density at radius 3 is 2.74 bits per heavy atom. The van der Waals surface area contributed by atoms with Gasteiger partial charge in [-0.2, -0.15) is 0 Å². The fourth-order valence-corrected chi connectivity index (χ4v) is 2.15. The van der Waals surface area contributed by atoms with Crippen molar-refractivity contribution in [3.8, 4) is 11.1 Å². The van der Waals surface area contributed by atoms with Crippen LogP contribution in [0.25, 0.3) is 21.9 Å². The number of halogens is 1. The van der Waals surface area contributed by atoms with Crippen LogP contribution in [0, 0.1) is 5.82 Å². The summed E-state index contributed by atoms with van der Waals surface area (Å²) in [6.07, 6.45) is 4.03. The fourth-order valence-electron chi connectivity index (χ4n) is 2.15. The molecule has 92 valence electrons. The molecule has 2 aromatic carbocycles. The van der Waals surface area contributed by atoms with Gasteiger partial charge >= 0.3 is 0 Å². The Balaban J connectivity index is 2.27. The molecule has 3 aromatic rings. The number of aromatic nitrogens is 1. The predicted octanol–water partition coefficient (Wildman–Crippen LogP) is 3.85. The Morgan fingerprint density at radius 1 is 1.05 bits per heavy atom. The first kappa shape index (κ1) is 11.5. The van der Waals surface area contributed by atoms with E-state index in [9.17, 15) is 9.18 Å². The van der Waals surface area contributed by atoms with Crippen molar-refractivity contribution >= 4 is 17.1 Å². The van der Waals surface area contributed by atoms with E-state index in [4.69, 9.17) is 0 Å². The zero-order chi connectivity index (χ0) is 13.2. The maximum absolute atomic E-state index is 13.4. The summed E-state index contributed by atoms with van der Waals surface area (Å²) in [7, 11) is 0. The molecule has 0 saturated heterocycles. The van der Waals surface area contributed by atoms with Crippen molar-refractivity contribution in [2.75, 3.05) is 0 Å². The van der Waals surface area contributed by atoms with E-state index in [-0.39, 0.29) is 5.56 Å². The minimum Gasteiger partial charge on any atom is -0.298 e. The van der Waals surface area contributed by atoms with Gasteiger partial charge in [-0.1, -0.05) is 30.3 Å². The number of aldehydes is 1. The largest absolute Gasteiger partial charge is 0.298 e. The monoisotopic (exact) mass is 251 g/mol. The molecule has 0 spiro atoms. The molecule has 0 saturated carbocycles. The van der Waals surface area contributed by atoms with E-state index in [2.05, 4.69) is 4.98 Å². The summed E-state index contributed by atoms with van der Waals surface area (Å²) in [4.78, 5) is 15.0. The first-order valence-corrected chi connectivity index (χ1v) is 5.87. The summed E-state index contributed by atoms with van der Waals surface area (Å²) in [5, 5.41) is 2.04. The predicted molar refractivity (Wildman–Crippen MR) is 72.5 cm³/mol. The lowest BCUT2D eigenvalue weighted by atomic mass is 9.99. The molecule has 2 nitrogen and oxygen atoms in total. The number of pyridine rings is 1. The molecule has 0 aliphatic rings. The highest BCUT2D eigenvalue weighted by Crippen LogP contribution is 2.28. The molecule has 3 rings (SSSR count). The second kappa shape index (κ2) is 4.61. The summed E-state index contributed by atoms with van der Waals surface area (Å²) in [5.74, 6) is -0.507. The van der Waals surface area contributed by atoms with Crippen LogP contribution < -0.4 is 0 Å². The molecule has 0 radical (unpaired) electrons. The average molecular weight is 251 g/mol. The zero-order valence-corrected chi connectivity index (χ0v) is 10.0. The van der Waals surface area contributed by atoms with Gasteiger partial charge in [-0.3, -0.25) is 9.78 Å². The van der Waals surface area contributed by atoms with Crippen molar-refractivity contribution in [2.45, 2.75) is 0 Å². The number of carbonyl (C=O) groups excluding carboxylic acids is 1. The summed E-state index contributed by atoms with van der Waals surface area (Å²) in [5.41, 5.74) is 1.74. The number of benzene rings is 2. The van der Waals surface area contributed by atoms with Gasteiger partial charge in [-0.25, -0.2) is 4.39 Å². The van der Waals surface area contributed by atoms with Gasteiger partial charge < -0.3 is 0 Å². The van der Waals surface area contributed by atoms with Crippen molar-refractivity contribution in [1.29, 1.82) is 0 Å². The number of fused-ring (bicyclic) bond motifs is 1. The molecule has 0 aliphatic carbocycles. The topological polar surface area (TPSA) is 30.0 Å². The zero-order valence-electron chi connectivity index (χ0n) is 10.0. The number of carbonyl (C=O) groups is 1. The van der Waals surface area contributed by atoms with Crippen LogP contribution in [0.5, 0.6) is 0 Å². The van der Waals surface area contributed by atoms with Crippen molar-refractivity contribution in [3.05, 3.63) is 66.2 Å². The minimum atomic E-state index is -0.507. The van der Waals surface area contributed by atoms with Crippen LogP contribution in [0.1, 0.15) is 10.4 Å². The highest BCUT2D eigenvalue weighted by atomic mass is 19.1. The Kier molecular flexibility index (Phi) is 2.80. The molecule has 0 atom stereocenters. The lowest BCUT2D eigenvalue weighted by Gasteiger charge is -2.07. The van der Waals surface area contributed by atoms with Crippen LogP contribution in [0.4, 0.5) is 4.39 Å². The number of nitrogens with zero attached hydrogens (tertiary/aromatic N) is 1. The lowest BCUT2D eigenvalue weighted by Crippen LogP contribution is -1.90. The van der Waals surface area contributed by atoms with E-state index in [0.717, 1.165) is 21.9 Å². The van der Waals surface area contributed by atoms with Gasteiger partial charge in [-0.05, 0) is 23.1 Å². The average Bonchev–Trinajstić information content (AvgIpc) is 2.47. The van der Waals surface area contributed by atoms with Crippen molar-refractivity contribution < 1.29 is 9.18 Å². The molecule has 1 aromatic heterocycles. The van der Waals surface area contributed by atoms with Gasteiger partial charge in [0.15, 0.2) is 6.29 Å². The first-order valence-electron chi connectivity index (χ1n) is 5.87. The molecule has 0 aliphatic heterocycles. The van der Waals surface area contributed by atoms with E-state index in [1.807, 2.05) is 24.3 Å². The number of rotatable bonds is 2. The minimum absolute atomic E-state index is 0.0606. The molecule has 1 heterocycles. The van der Waals surface area contributed by atoms with E-state index in [1.165, 1.54) is 6.07 Å². The van der Waals surface area contributed by atoms with Crippen molar-refractivity contribution in [1.82, 2.24) is 4.98 Å². The molecule has 0 unspecified atom stereocenters. The first-order chi connectivity index (χ1) is 9.29. The van der Waals surface area contributed by atoms with E-state index in [0.29, 0.717) is 6.29 Å². The maximum Gasteiger partial charge on any atom is 0.153 e. The maximum atomic E-state index is 13.4. The molecule has 19 heavy (non-hydrogen) atoms. The fraction of sp³-hybridized carbons (Fsp3) is 0. The van der Waals surface area contributed by atoms with Crippen LogP contribution in [-0.2, 0) is 0 Å². The Hall–Kier alpha value is -2.55. The quantitative estimate of drug-likeness (QED) is 0.647. The Bertz CT molecular complexity index is 762. The van der Waals surface area contributed by atoms with E-state index >= 15 is 0 Å². The van der Waals surface area contributed by atoms with Gasteiger partial charge in [0.25, 0.3) is 0 Å². The van der Waals surface area contributed by atoms with Crippen LogP contribution in [0.3, 0.4) is 0 Å². The molecular weight excluding hydrogens is 241 g/mol. The van der Waals surface area contributed by atoms with Crippen LogP contribution in [0.15, 0.2) is 54.9 Å². The third-order valence-corrected chi connectivity index (χ3v) is 3.10. The molecule has 0 N–H and O–H groups in total. The third kappa shape index (κ3) is 1.99. The van der Waals surface area contributed by atoms with Gasteiger partial charge in [-0.15, -0.1) is 0 Å². The third-order valence-electron chi connectivity index (χ3n) is 3.10. The molecule has 3 heteroatoms.